The van der Waals surface area contributed by atoms with Crippen LogP contribution >= 0.6 is 0 Å². The van der Waals surface area contributed by atoms with Gasteiger partial charge in [0, 0.05) is 35.4 Å². The van der Waals surface area contributed by atoms with Gasteiger partial charge >= 0.3 is 0 Å². The van der Waals surface area contributed by atoms with E-state index >= 15 is 0 Å². The number of hydrogen-bond acceptors (Lipinski definition) is 4. The molecule has 2 aromatic carbocycles. The normalized spacial score (nSPS) is 11.5. The molecule has 35 heavy (non-hydrogen) atoms. The molecule has 0 fully saturated rings. The van der Waals surface area contributed by atoms with Crippen LogP contribution < -0.4 is 5.32 Å². The van der Waals surface area contributed by atoms with Crippen molar-refractivity contribution in [2.75, 3.05) is 6.54 Å². The van der Waals surface area contributed by atoms with Crippen LogP contribution in [-0.2, 0) is 6.54 Å². The fourth-order valence-electron chi connectivity index (χ4n) is 4.43. The first-order valence-electron chi connectivity index (χ1n) is 11.6. The minimum absolute atomic E-state index is 0.255. The van der Waals surface area contributed by atoms with E-state index in [9.17, 15) is 4.39 Å². The summed E-state index contributed by atoms with van der Waals surface area (Å²) in [6, 6.07) is 20.8. The number of nitrogens with zero attached hydrogens (tertiary/aromatic N) is 3. The van der Waals surface area contributed by atoms with Gasteiger partial charge in [-0.05, 0) is 65.7 Å². The molecular formula is C28H23FN6. The Morgan fingerprint density at radius 1 is 0.914 bits per heavy atom. The average Bonchev–Trinajstić information content (AvgIpc) is 3.51. The molecule has 4 heterocycles. The van der Waals surface area contributed by atoms with Gasteiger partial charge in [0.15, 0.2) is 0 Å². The van der Waals surface area contributed by atoms with Crippen LogP contribution in [0.4, 0.5) is 4.39 Å². The van der Waals surface area contributed by atoms with Gasteiger partial charge in [0.05, 0.1) is 16.9 Å². The lowest BCUT2D eigenvalue weighted by atomic mass is 10.0. The SMILES string of the molecule is CCNCc1cncc(-c2ccc3[nH]nc(-c4cc5c(-c6cccc(F)c6)cccc5[nH]4)c3n2)c1. The number of nitrogens with one attached hydrogen (secondary N) is 3. The third-order valence-corrected chi connectivity index (χ3v) is 6.13. The van der Waals surface area contributed by atoms with Crippen molar-refractivity contribution in [2.45, 2.75) is 13.5 Å². The number of benzene rings is 2. The lowest BCUT2D eigenvalue weighted by molar-refractivity contribution is 0.628. The van der Waals surface area contributed by atoms with E-state index in [1.165, 1.54) is 6.07 Å². The van der Waals surface area contributed by atoms with Crippen molar-refractivity contribution in [3.8, 4) is 33.8 Å². The number of halogens is 1. The fourth-order valence-corrected chi connectivity index (χ4v) is 4.43. The van der Waals surface area contributed by atoms with Crippen LogP contribution in [0.5, 0.6) is 0 Å². The molecule has 0 saturated carbocycles. The van der Waals surface area contributed by atoms with E-state index in [4.69, 9.17) is 4.98 Å². The van der Waals surface area contributed by atoms with E-state index in [2.05, 4.69) is 44.5 Å². The highest BCUT2D eigenvalue weighted by Gasteiger charge is 2.15. The molecule has 0 amide bonds. The van der Waals surface area contributed by atoms with Crippen LogP contribution in [0.1, 0.15) is 12.5 Å². The summed E-state index contributed by atoms with van der Waals surface area (Å²) in [4.78, 5) is 12.8. The van der Waals surface area contributed by atoms with Crippen LogP contribution in [0.15, 0.2) is 79.1 Å². The highest BCUT2D eigenvalue weighted by molar-refractivity contribution is 6.00. The van der Waals surface area contributed by atoms with Crippen molar-refractivity contribution in [2.24, 2.45) is 0 Å². The molecule has 4 aromatic heterocycles. The van der Waals surface area contributed by atoms with E-state index in [1.807, 2.05) is 48.8 Å². The molecule has 6 rings (SSSR count). The van der Waals surface area contributed by atoms with Crippen LogP contribution in [0.3, 0.4) is 0 Å². The molecule has 0 unspecified atom stereocenters. The largest absolute Gasteiger partial charge is 0.353 e. The second-order valence-corrected chi connectivity index (χ2v) is 8.49. The molecule has 0 saturated heterocycles. The average molecular weight is 463 g/mol. The van der Waals surface area contributed by atoms with Crippen LogP contribution in [0.2, 0.25) is 0 Å². The topological polar surface area (TPSA) is 82.3 Å². The molecule has 6 aromatic rings. The predicted molar refractivity (Wildman–Crippen MR) is 137 cm³/mol. The van der Waals surface area contributed by atoms with Crippen LogP contribution in [-0.4, -0.2) is 31.7 Å². The lowest BCUT2D eigenvalue weighted by Gasteiger charge is -2.05. The molecule has 3 N–H and O–H groups in total. The Kier molecular flexibility index (Phi) is 5.31. The minimum atomic E-state index is -0.255. The first-order valence-corrected chi connectivity index (χ1v) is 11.6. The zero-order valence-corrected chi connectivity index (χ0v) is 19.1. The zero-order chi connectivity index (χ0) is 23.8. The van der Waals surface area contributed by atoms with Crippen molar-refractivity contribution in [1.82, 2.24) is 30.5 Å². The van der Waals surface area contributed by atoms with Gasteiger partial charge in [0.1, 0.15) is 17.0 Å². The molecule has 0 atom stereocenters. The van der Waals surface area contributed by atoms with E-state index in [0.717, 1.165) is 74.4 Å². The number of fused-ring (bicyclic) bond motifs is 2. The second kappa shape index (κ2) is 8.77. The Labute approximate surface area is 201 Å². The van der Waals surface area contributed by atoms with Crippen molar-refractivity contribution >= 4 is 21.9 Å². The predicted octanol–water partition coefficient (Wildman–Crippen LogP) is 6.08. The quantitative estimate of drug-likeness (QED) is 0.280. The summed E-state index contributed by atoms with van der Waals surface area (Å²) in [5, 5.41) is 12.0. The standard InChI is InChI=1S/C28H23FN6/c1-2-30-14-17-11-19(16-31-15-17)23-9-10-25-27(33-23)28(35-34-25)26-13-22-21(7-4-8-24(22)32-26)18-5-3-6-20(29)12-18/h3-13,15-16,30,32H,2,14H2,1H3,(H,34,35). The first kappa shape index (κ1) is 21.2. The molecule has 0 bridgehead atoms. The molecule has 0 spiro atoms. The number of rotatable bonds is 6. The smallest absolute Gasteiger partial charge is 0.135 e. The third kappa shape index (κ3) is 3.96. The van der Waals surface area contributed by atoms with Gasteiger partial charge in [-0.1, -0.05) is 31.2 Å². The van der Waals surface area contributed by atoms with E-state index in [-0.39, 0.29) is 5.82 Å². The summed E-state index contributed by atoms with van der Waals surface area (Å²) in [6.45, 7) is 3.75. The Morgan fingerprint density at radius 2 is 1.83 bits per heavy atom. The fraction of sp³-hybridized carbons (Fsp3) is 0.107. The van der Waals surface area contributed by atoms with Gasteiger partial charge < -0.3 is 10.3 Å². The molecule has 0 radical (unpaired) electrons. The van der Waals surface area contributed by atoms with Gasteiger partial charge in [-0.25, -0.2) is 9.37 Å². The Balaban J connectivity index is 1.44. The summed E-state index contributed by atoms with van der Waals surface area (Å²) < 4.78 is 13.9. The first-order chi connectivity index (χ1) is 17.2. The van der Waals surface area contributed by atoms with Crippen molar-refractivity contribution in [3.05, 3.63) is 90.5 Å². The van der Waals surface area contributed by atoms with Crippen LogP contribution in [0.25, 0.3) is 55.7 Å². The molecule has 6 nitrogen and oxygen atoms in total. The summed E-state index contributed by atoms with van der Waals surface area (Å²) in [7, 11) is 0. The lowest BCUT2D eigenvalue weighted by Crippen LogP contribution is -2.11. The van der Waals surface area contributed by atoms with E-state index in [0.29, 0.717) is 0 Å². The summed E-state index contributed by atoms with van der Waals surface area (Å²) in [5.41, 5.74) is 8.86. The third-order valence-electron chi connectivity index (χ3n) is 6.13. The number of aromatic amines is 2. The Bertz CT molecular complexity index is 1670. The Morgan fingerprint density at radius 3 is 2.71 bits per heavy atom. The molecule has 172 valence electrons. The minimum Gasteiger partial charge on any atom is -0.353 e. The second-order valence-electron chi connectivity index (χ2n) is 8.49. The number of hydrogen-bond donors (Lipinski definition) is 3. The molecule has 0 aliphatic heterocycles. The number of pyridine rings is 2. The van der Waals surface area contributed by atoms with E-state index < -0.39 is 0 Å². The van der Waals surface area contributed by atoms with Crippen molar-refractivity contribution < 1.29 is 4.39 Å². The van der Waals surface area contributed by atoms with E-state index in [1.54, 1.807) is 12.1 Å². The molecule has 0 aliphatic rings. The van der Waals surface area contributed by atoms with Gasteiger partial charge in [-0.15, -0.1) is 0 Å². The van der Waals surface area contributed by atoms with Gasteiger partial charge in [-0.2, -0.15) is 5.10 Å². The summed E-state index contributed by atoms with van der Waals surface area (Å²) >= 11 is 0. The maximum absolute atomic E-state index is 13.9. The molecule has 7 heteroatoms. The number of aromatic nitrogens is 5. The van der Waals surface area contributed by atoms with Gasteiger partial charge in [0.2, 0.25) is 0 Å². The summed E-state index contributed by atoms with van der Waals surface area (Å²) in [5.74, 6) is -0.255. The number of H-pyrrole nitrogens is 2. The zero-order valence-electron chi connectivity index (χ0n) is 19.1. The van der Waals surface area contributed by atoms with Crippen LogP contribution in [0, 0.1) is 5.82 Å². The maximum Gasteiger partial charge on any atom is 0.135 e. The van der Waals surface area contributed by atoms with Gasteiger partial charge in [-0.3, -0.25) is 10.1 Å². The highest BCUT2D eigenvalue weighted by Crippen LogP contribution is 2.34. The Hall–Kier alpha value is -4.36. The molecular weight excluding hydrogens is 439 g/mol. The molecule has 0 aliphatic carbocycles. The highest BCUT2D eigenvalue weighted by atomic mass is 19.1. The monoisotopic (exact) mass is 462 g/mol. The van der Waals surface area contributed by atoms with Crippen molar-refractivity contribution in [1.29, 1.82) is 0 Å². The summed E-state index contributed by atoms with van der Waals surface area (Å²) in [6.07, 6.45) is 3.70. The van der Waals surface area contributed by atoms with Crippen molar-refractivity contribution in [3.63, 3.8) is 0 Å². The van der Waals surface area contributed by atoms with Gasteiger partial charge in [0.25, 0.3) is 0 Å². The maximum atomic E-state index is 13.9.